The van der Waals surface area contributed by atoms with Gasteiger partial charge in [-0.15, -0.1) is 12.3 Å². The second-order valence-corrected chi connectivity index (χ2v) is 9.74. The average molecular weight is 406 g/mol. The Morgan fingerprint density at radius 2 is 2.07 bits per heavy atom. The van der Waals surface area contributed by atoms with Gasteiger partial charge in [0, 0.05) is 29.7 Å². The molecule has 3 aliphatic carbocycles. The van der Waals surface area contributed by atoms with E-state index in [2.05, 4.69) is 32.2 Å². The molecule has 0 aliphatic heterocycles. The van der Waals surface area contributed by atoms with Gasteiger partial charge in [-0.25, -0.2) is 0 Å². The van der Waals surface area contributed by atoms with Crippen molar-refractivity contribution in [3.63, 3.8) is 0 Å². The molecule has 3 aliphatic rings. The predicted molar refractivity (Wildman–Crippen MR) is 123 cm³/mol. The lowest BCUT2D eigenvalue weighted by Crippen LogP contribution is -2.15. The first-order chi connectivity index (χ1) is 14.3. The molecular weight excluding hydrogens is 370 g/mol. The quantitative estimate of drug-likeness (QED) is 0.404. The van der Waals surface area contributed by atoms with Crippen LogP contribution in [0.4, 0.5) is 0 Å². The lowest BCUT2D eigenvalue weighted by Gasteiger charge is -2.23. The lowest BCUT2D eigenvalue weighted by molar-refractivity contribution is -0.120. The summed E-state index contributed by atoms with van der Waals surface area (Å²) >= 11 is 0. The van der Waals surface area contributed by atoms with Gasteiger partial charge in [0.15, 0.2) is 5.78 Å². The van der Waals surface area contributed by atoms with E-state index < -0.39 is 0 Å². The Hall–Kier alpha value is -2.38. The monoisotopic (exact) mass is 405 g/mol. The number of allylic oxidation sites excluding steroid dienone is 7. The van der Waals surface area contributed by atoms with Gasteiger partial charge < -0.3 is 5.73 Å². The fourth-order valence-electron chi connectivity index (χ4n) is 4.65. The van der Waals surface area contributed by atoms with Crippen LogP contribution in [0.15, 0.2) is 65.1 Å². The molecule has 3 nitrogen and oxygen atoms in total. The zero-order chi connectivity index (χ0) is 21.7. The van der Waals surface area contributed by atoms with Gasteiger partial charge in [-0.05, 0) is 86.0 Å². The maximum Gasteiger partial charge on any atom is 0.189 e. The van der Waals surface area contributed by atoms with Gasteiger partial charge in [-0.2, -0.15) is 0 Å². The minimum Gasteiger partial charge on any atom is -0.398 e. The van der Waals surface area contributed by atoms with Crippen molar-refractivity contribution in [1.29, 1.82) is 0 Å². The van der Waals surface area contributed by atoms with E-state index in [4.69, 9.17) is 5.73 Å². The van der Waals surface area contributed by atoms with Gasteiger partial charge in [0.05, 0.1) is 0 Å². The number of hydrogen-bond donors (Lipinski definition) is 1. The molecule has 3 heteroatoms. The Morgan fingerprint density at radius 1 is 1.27 bits per heavy atom. The molecule has 2 N–H and O–H groups in total. The van der Waals surface area contributed by atoms with Crippen molar-refractivity contribution in [1.82, 2.24) is 0 Å². The number of ketones is 2. The molecular formula is C27H35NO2. The molecule has 160 valence electrons. The Bertz CT molecular complexity index is 875. The highest BCUT2D eigenvalue weighted by Crippen LogP contribution is 2.34. The van der Waals surface area contributed by atoms with Crippen molar-refractivity contribution in [3.05, 3.63) is 65.1 Å². The van der Waals surface area contributed by atoms with Crippen LogP contribution in [0.5, 0.6) is 0 Å². The highest BCUT2D eigenvalue weighted by atomic mass is 16.1. The molecule has 0 aromatic heterocycles. The van der Waals surface area contributed by atoms with Crippen molar-refractivity contribution in [2.45, 2.75) is 71.6 Å². The van der Waals surface area contributed by atoms with Gasteiger partial charge in [0.25, 0.3) is 0 Å². The van der Waals surface area contributed by atoms with Crippen molar-refractivity contribution in [2.24, 2.45) is 23.0 Å². The average Bonchev–Trinajstić information content (AvgIpc) is 3.06. The fraction of sp³-hybridized carbons (Fsp3) is 0.519. The van der Waals surface area contributed by atoms with E-state index in [1.54, 1.807) is 12.2 Å². The van der Waals surface area contributed by atoms with E-state index in [0.29, 0.717) is 28.9 Å². The van der Waals surface area contributed by atoms with Crippen LogP contribution in [0.3, 0.4) is 0 Å². The van der Waals surface area contributed by atoms with Crippen LogP contribution in [0.25, 0.3) is 0 Å². The number of carbonyl (C=O) groups is 2. The molecule has 1 unspecified atom stereocenters. The number of nitrogens with two attached hydrogens (primary N) is 1. The first-order valence-electron chi connectivity index (χ1n) is 11.3. The summed E-state index contributed by atoms with van der Waals surface area (Å²) in [6.45, 7) is 8.14. The number of Topliss-reactive ketones (excluding diaryl/α,β-unsaturated/α-hetero) is 2. The van der Waals surface area contributed by atoms with Gasteiger partial charge >= 0.3 is 0 Å². The zero-order valence-electron chi connectivity index (χ0n) is 18.5. The SMILES string of the molecule is C=CC(C)(C)CC1=C(N)C=C=CC(C(=O)C2=CC[C@@H](CCC3CCCC3=O)CC2)=C1. The molecule has 3 rings (SSSR count). The molecule has 30 heavy (non-hydrogen) atoms. The van der Waals surface area contributed by atoms with Gasteiger partial charge in [-0.3, -0.25) is 9.59 Å². The first-order valence-corrected chi connectivity index (χ1v) is 11.3. The minimum absolute atomic E-state index is 0.0870. The summed E-state index contributed by atoms with van der Waals surface area (Å²) in [5.41, 5.74) is 12.3. The van der Waals surface area contributed by atoms with Crippen molar-refractivity contribution < 1.29 is 9.59 Å². The Balaban J connectivity index is 1.64. The molecule has 1 fully saturated rings. The molecule has 1 saturated carbocycles. The standard InChI is InChI=1S/C27H35NO2/c1-4-27(2,3)18-23-17-22(8-5-9-24(23)28)26(30)21-15-12-19(13-16-21)11-14-20-7-6-10-25(20)29/h4,8-9,15,17,19-20H,1,6-7,10-14,16,18,28H2,2-3H3/t19-,20?/m1/s1. The van der Waals surface area contributed by atoms with E-state index >= 15 is 0 Å². The Morgan fingerprint density at radius 3 is 2.70 bits per heavy atom. The molecule has 2 atom stereocenters. The van der Waals surface area contributed by atoms with Crippen LogP contribution < -0.4 is 5.73 Å². The Kier molecular flexibility index (Phi) is 7.15. The highest BCUT2D eigenvalue weighted by molar-refractivity contribution is 6.10. The van der Waals surface area contributed by atoms with Crippen LogP contribution >= 0.6 is 0 Å². The summed E-state index contributed by atoms with van der Waals surface area (Å²) < 4.78 is 0. The first kappa shape index (κ1) is 22.3. The summed E-state index contributed by atoms with van der Waals surface area (Å²) in [7, 11) is 0. The third-order valence-corrected chi connectivity index (χ3v) is 6.80. The number of rotatable bonds is 8. The second-order valence-electron chi connectivity index (χ2n) is 9.74. The van der Waals surface area contributed by atoms with Gasteiger partial charge in [0.1, 0.15) is 5.78 Å². The molecule has 0 aromatic rings. The summed E-state index contributed by atoms with van der Waals surface area (Å²) in [6, 6.07) is 0. The molecule has 0 amide bonds. The summed E-state index contributed by atoms with van der Waals surface area (Å²) in [5.74, 6) is 1.43. The second kappa shape index (κ2) is 9.62. The van der Waals surface area contributed by atoms with Crippen LogP contribution in [0.2, 0.25) is 0 Å². The van der Waals surface area contributed by atoms with Crippen LogP contribution in [0, 0.1) is 17.3 Å². The normalized spacial score (nSPS) is 24.5. The van der Waals surface area contributed by atoms with Crippen molar-refractivity contribution in [3.8, 4) is 0 Å². The van der Waals surface area contributed by atoms with Crippen LogP contribution in [-0.4, -0.2) is 11.6 Å². The molecule has 0 bridgehead atoms. The van der Waals surface area contributed by atoms with E-state index in [-0.39, 0.29) is 11.2 Å². The number of carbonyl (C=O) groups excluding carboxylic acids is 2. The zero-order valence-corrected chi connectivity index (χ0v) is 18.5. The predicted octanol–water partition coefficient (Wildman–Crippen LogP) is 5.90. The number of hydrogen-bond acceptors (Lipinski definition) is 3. The summed E-state index contributed by atoms with van der Waals surface area (Å²) in [6.07, 6.45) is 18.0. The third kappa shape index (κ3) is 5.61. The topological polar surface area (TPSA) is 60.2 Å². The van der Waals surface area contributed by atoms with E-state index in [1.165, 1.54) is 0 Å². The van der Waals surface area contributed by atoms with Gasteiger partial charge in [0.2, 0.25) is 0 Å². The Labute approximate surface area is 181 Å². The maximum absolute atomic E-state index is 13.2. The highest BCUT2D eigenvalue weighted by Gasteiger charge is 2.27. The van der Waals surface area contributed by atoms with E-state index in [1.807, 2.05) is 12.2 Å². The van der Waals surface area contributed by atoms with Crippen molar-refractivity contribution >= 4 is 11.6 Å². The van der Waals surface area contributed by atoms with Crippen molar-refractivity contribution in [2.75, 3.05) is 0 Å². The lowest BCUT2D eigenvalue weighted by atomic mass is 9.81. The smallest absolute Gasteiger partial charge is 0.189 e. The third-order valence-electron chi connectivity index (χ3n) is 6.80. The summed E-state index contributed by atoms with van der Waals surface area (Å²) in [5, 5.41) is 0. The maximum atomic E-state index is 13.2. The largest absolute Gasteiger partial charge is 0.398 e. The summed E-state index contributed by atoms with van der Waals surface area (Å²) in [4.78, 5) is 25.0. The minimum atomic E-state index is -0.0964. The molecule has 0 radical (unpaired) electrons. The van der Waals surface area contributed by atoms with E-state index in [9.17, 15) is 9.59 Å². The molecule has 0 spiro atoms. The van der Waals surface area contributed by atoms with E-state index in [0.717, 1.165) is 68.9 Å². The van der Waals surface area contributed by atoms with Crippen LogP contribution in [-0.2, 0) is 9.59 Å². The fourth-order valence-corrected chi connectivity index (χ4v) is 4.65. The van der Waals surface area contributed by atoms with Gasteiger partial charge in [-0.1, -0.05) is 26.0 Å². The van der Waals surface area contributed by atoms with Crippen LogP contribution in [0.1, 0.15) is 71.6 Å². The molecule has 0 saturated heterocycles. The molecule has 0 heterocycles. The molecule has 0 aromatic carbocycles.